The van der Waals surface area contributed by atoms with Crippen LogP contribution in [0.15, 0.2) is 120 Å². The molecule has 44 heavy (non-hydrogen) atoms. The number of nitrogens with zero attached hydrogens (tertiary/aromatic N) is 2. The van der Waals surface area contributed by atoms with Gasteiger partial charge in [-0.3, -0.25) is 4.99 Å². The van der Waals surface area contributed by atoms with Crippen LogP contribution in [0.5, 0.6) is 0 Å². The van der Waals surface area contributed by atoms with Crippen molar-refractivity contribution < 1.29 is 4.79 Å². The van der Waals surface area contributed by atoms with E-state index in [2.05, 4.69) is 149 Å². The molecule has 0 bridgehead atoms. The van der Waals surface area contributed by atoms with E-state index >= 15 is 0 Å². The molecule has 4 aromatic carbocycles. The Kier molecular flexibility index (Phi) is 9.34. The van der Waals surface area contributed by atoms with Crippen LogP contribution in [0.25, 0.3) is 21.5 Å². The van der Waals surface area contributed by atoms with Gasteiger partial charge >= 0.3 is 0 Å². The second kappa shape index (κ2) is 13.2. The molecular formula is C41H46N2O. The highest BCUT2D eigenvalue weighted by atomic mass is 16.1. The maximum Gasteiger partial charge on any atom is 0.129 e. The van der Waals surface area contributed by atoms with Crippen LogP contribution in [0, 0.1) is 0 Å². The summed E-state index contributed by atoms with van der Waals surface area (Å²) >= 11 is 0. The van der Waals surface area contributed by atoms with Crippen LogP contribution in [0.3, 0.4) is 0 Å². The Morgan fingerprint density at radius 3 is 2.25 bits per heavy atom. The zero-order chi connectivity index (χ0) is 31.3. The highest BCUT2D eigenvalue weighted by Crippen LogP contribution is 2.49. The van der Waals surface area contributed by atoms with Gasteiger partial charge in [-0.2, -0.15) is 0 Å². The van der Waals surface area contributed by atoms with E-state index in [1.165, 1.54) is 44.1 Å². The minimum absolute atomic E-state index is 0.107. The van der Waals surface area contributed by atoms with Gasteiger partial charge in [-0.15, -0.1) is 0 Å². The van der Waals surface area contributed by atoms with Crippen LogP contribution in [-0.2, 0) is 15.6 Å². The lowest BCUT2D eigenvalue weighted by Gasteiger charge is -2.27. The number of fused-ring (bicyclic) bond motifs is 4. The number of benzene rings is 4. The molecule has 0 atom stereocenters. The van der Waals surface area contributed by atoms with Crippen molar-refractivity contribution in [1.82, 2.24) is 0 Å². The largest absolute Gasteiger partial charge is 0.347 e. The highest BCUT2D eigenvalue weighted by Gasteiger charge is 2.39. The van der Waals surface area contributed by atoms with Crippen molar-refractivity contribution in [1.29, 1.82) is 0 Å². The molecule has 3 nitrogen and oxygen atoms in total. The number of allylic oxidation sites excluding steroid dienone is 6. The lowest BCUT2D eigenvalue weighted by Crippen LogP contribution is -2.28. The van der Waals surface area contributed by atoms with Crippen molar-refractivity contribution in [3.8, 4) is 0 Å². The Labute approximate surface area is 263 Å². The molecule has 1 aliphatic heterocycles. The van der Waals surface area contributed by atoms with Gasteiger partial charge < -0.3 is 9.69 Å². The Morgan fingerprint density at radius 2 is 1.50 bits per heavy atom. The van der Waals surface area contributed by atoms with Crippen molar-refractivity contribution in [2.24, 2.45) is 4.99 Å². The molecule has 4 aromatic rings. The molecule has 0 saturated carbocycles. The molecule has 0 fully saturated rings. The number of carbonyl (C=O) groups is 1. The number of likely N-dealkylation sites (N-methyl/N-ethyl adjacent to an activating group) is 1. The van der Waals surface area contributed by atoms with Gasteiger partial charge in [-0.25, -0.2) is 0 Å². The average molecular weight is 583 g/mol. The van der Waals surface area contributed by atoms with Crippen LogP contribution in [0.1, 0.15) is 71.4 Å². The first-order valence-corrected chi connectivity index (χ1v) is 16.0. The van der Waals surface area contributed by atoms with Crippen LogP contribution in [0.2, 0.25) is 0 Å². The topological polar surface area (TPSA) is 32.7 Å². The monoisotopic (exact) mass is 582 g/mol. The Balaban J connectivity index is 1.40. The van der Waals surface area contributed by atoms with E-state index in [4.69, 9.17) is 4.99 Å². The van der Waals surface area contributed by atoms with Gasteiger partial charge in [-0.05, 0) is 70.7 Å². The van der Waals surface area contributed by atoms with Gasteiger partial charge in [0.1, 0.15) is 5.78 Å². The Bertz CT molecular complexity index is 1780. The van der Waals surface area contributed by atoms with Gasteiger partial charge in [0.2, 0.25) is 0 Å². The average Bonchev–Trinajstić information content (AvgIpc) is 3.21. The molecule has 0 aromatic heterocycles. The normalized spacial score (nSPS) is 16.2. The van der Waals surface area contributed by atoms with Crippen molar-refractivity contribution in [2.45, 2.75) is 71.1 Å². The molecular weight excluding hydrogens is 536 g/mol. The van der Waals surface area contributed by atoms with Crippen molar-refractivity contribution in [3.05, 3.63) is 126 Å². The lowest BCUT2D eigenvalue weighted by atomic mass is 9.77. The zero-order valence-electron chi connectivity index (χ0n) is 27.2. The van der Waals surface area contributed by atoms with Crippen LogP contribution < -0.4 is 4.90 Å². The molecule has 0 N–H and O–H groups in total. The number of ketones is 1. The molecule has 0 aliphatic carbocycles. The third-order valence-electron chi connectivity index (χ3n) is 9.20. The molecule has 3 heteroatoms. The summed E-state index contributed by atoms with van der Waals surface area (Å²) in [5.74, 6) is 0.264. The summed E-state index contributed by atoms with van der Waals surface area (Å²) in [6, 6.07) is 28.3. The molecule has 0 saturated heterocycles. The fraction of sp³-hybridized carbons (Fsp3) is 0.317. The number of rotatable bonds is 11. The van der Waals surface area contributed by atoms with Crippen LogP contribution >= 0.6 is 0 Å². The molecule has 0 radical (unpaired) electrons. The Hall–Kier alpha value is -4.24. The minimum Gasteiger partial charge on any atom is -0.347 e. The molecule has 226 valence electrons. The highest BCUT2D eigenvalue weighted by molar-refractivity contribution is 6.06. The van der Waals surface area contributed by atoms with Gasteiger partial charge in [0.05, 0.1) is 0 Å². The van der Waals surface area contributed by atoms with Gasteiger partial charge in [0.15, 0.2) is 0 Å². The fourth-order valence-corrected chi connectivity index (χ4v) is 6.78. The fourth-order valence-electron chi connectivity index (χ4n) is 6.78. The number of anilines is 1. The molecule has 0 unspecified atom stereocenters. The maximum absolute atomic E-state index is 11.3. The summed E-state index contributed by atoms with van der Waals surface area (Å²) in [5, 5.41) is 5.12. The van der Waals surface area contributed by atoms with E-state index < -0.39 is 0 Å². The third-order valence-corrected chi connectivity index (χ3v) is 9.20. The van der Waals surface area contributed by atoms with Gasteiger partial charge in [-0.1, -0.05) is 125 Å². The third kappa shape index (κ3) is 6.33. The summed E-state index contributed by atoms with van der Waals surface area (Å²) in [5.41, 5.74) is 5.91. The smallest absolute Gasteiger partial charge is 0.129 e. The van der Waals surface area contributed by atoms with Gasteiger partial charge in [0.25, 0.3) is 0 Å². The van der Waals surface area contributed by atoms with E-state index in [0.29, 0.717) is 6.42 Å². The number of unbranched alkanes of at least 4 members (excludes halogenated alkanes) is 2. The van der Waals surface area contributed by atoms with E-state index in [-0.39, 0.29) is 16.6 Å². The number of Topliss-reactive ketones (excluding diaryl/α,β-unsaturated/α-hetero) is 1. The first-order valence-electron chi connectivity index (χ1n) is 16.0. The summed E-state index contributed by atoms with van der Waals surface area (Å²) < 4.78 is 0. The van der Waals surface area contributed by atoms with Crippen molar-refractivity contribution in [2.75, 3.05) is 18.5 Å². The van der Waals surface area contributed by atoms with Crippen LogP contribution in [0.4, 0.5) is 5.69 Å². The maximum atomic E-state index is 11.3. The minimum atomic E-state index is -0.278. The van der Waals surface area contributed by atoms with E-state index in [1.54, 1.807) is 6.92 Å². The quantitative estimate of drug-likeness (QED) is 0.100. The van der Waals surface area contributed by atoms with Crippen molar-refractivity contribution >= 4 is 38.7 Å². The summed E-state index contributed by atoms with van der Waals surface area (Å²) in [6.45, 7) is 11.6. The lowest BCUT2D eigenvalue weighted by molar-refractivity contribution is -0.117. The first kappa shape index (κ1) is 31.2. The number of hydrogen-bond donors (Lipinski definition) is 0. The Morgan fingerprint density at radius 1 is 0.818 bits per heavy atom. The first-order chi connectivity index (χ1) is 21.1. The second-order valence-corrected chi connectivity index (χ2v) is 13.1. The number of carbonyl (C=O) groups excluding carboxylic acids is 1. The summed E-state index contributed by atoms with van der Waals surface area (Å²) in [4.78, 5) is 18.8. The van der Waals surface area contributed by atoms with Crippen LogP contribution in [-0.4, -0.2) is 25.1 Å². The summed E-state index contributed by atoms with van der Waals surface area (Å²) in [7, 11) is 2.17. The molecule has 5 rings (SSSR count). The predicted molar refractivity (Wildman–Crippen MR) is 190 cm³/mol. The predicted octanol–water partition coefficient (Wildman–Crippen LogP) is 10.3. The summed E-state index contributed by atoms with van der Waals surface area (Å²) in [6.07, 6.45) is 14.4. The van der Waals surface area contributed by atoms with E-state index in [9.17, 15) is 4.79 Å². The van der Waals surface area contributed by atoms with Gasteiger partial charge in [0, 0.05) is 47.9 Å². The van der Waals surface area contributed by atoms with E-state index in [1.807, 2.05) is 0 Å². The second-order valence-electron chi connectivity index (χ2n) is 13.1. The number of aliphatic imine (C=N–C) groups is 1. The standard InChI is InChI=1S/C41H46N2O/c1-30(44)18-9-8-16-29-42-37(40(2,3)35-24-17-21-31-19-12-14-22-33(31)35)25-10-7-11-26-38-41(4,5)39-34-23-15-13-20-32(34)27-28-36(39)43(38)6/h7,10-15,17,19-28H,8-9,16,18,29H2,1-6H3/b11-7+,25-10+,38-26+,42-37?. The zero-order valence-corrected chi connectivity index (χ0v) is 27.2. The van der Waals surface area contributed by atoms with E-state index in [0.717, 1.165) is 31.5 Å². The molecule has 0 amide bonds. The molecule has 0 spiro atoms. The molecule has 1 aliphatic rings. The number of hydrogen-bond acceptors (Lipinski definition) is 3. The SMILES string of the molecule is CC(=O)CCCCCN=C(/C=C/C=C/C=C1/N(C)c2ccc3ccccc3c2C1(C)C)C(C)(C)c1cccc2ccccc12. The van der Waals surface area contributed by atoms with Crippen molar-refractivity contribution in [3.63, 3.8) is 0 Å². The molecule has 1 heterocycles.